The van der Waals surface area contributed by atoms with Crippen LogP contribution < -0.4 is 5.73 Å². The Hall–Kier alpha value is -1.91. The van der Waals surface area contributed by atoms with Crippen LogP contribution in [0.25, 0.3) is 5.78 Å². The van der Waals surface area contributed by atoms with Crippen LogP contribution in [0, 0.1) is 13.8 Å². The summed E-state index contributed by atoms with van der Waals surface area (Å²) in [6.45, 7) is 3.81. The molecule has 0 unspecified atom stereocenters. The second kappa shape index (κ2) is 2.80. The fourth-order valence-corrected chi connectivity index (χ4v) is 1.39. The maximum Gasteiger partial charge on any atom is 0.268 e. The van der Waals surface area contributed by atoms with Gasteiger partial charge < -0.3 is 5.73 Å². The van der Waals surface area contributed by atoms with E-state index in [0.717, 1.165) is 11.4 Å². The molecular weight excluding hydrogens is 180 g/mol. The highest BCUT2D eigenvalue weighted by Crippen LogP contribution is 2.07. The lowest BCUT2D eigenvalue weighted by atomic mass is 10.3. The number of nitrogens with zero attached hydrogens (tertiary/aromatic N) is 3. The summed E-state index contributed by atoms with van der Waals surface area (Å²) in [6, 6.07) is 1.92. The Bertz CT molecular complexity index is 515. The summed E-state index contributed by atoms with van der Waals surface area (Å²) in [5, 5.41) is 0. The number of amides is 1. The molecule has 14 heavy (non-hydrogen) atoms. The third kappa shape index (κ3) is 1.22. The van der Waals surface area contributed by atoms with Gasteiger partial charge in [-0.3, -0.25) is 9.20 Å². The molecule has 2 heterocycles. The van der Waals surface area contributed by atoms with Crippen LogP contribution >= 0.6 is 0 Å². The first kappa shape index (κ1) is 8.68. The molecule has 5 nitrogen and oxygen atoms in total. The van der Waals surface area contributed by atoms with Crippen LogP contribution in [-0.2, 0) is 0 Å². The van der Waals surface area contributed by atoms with Gasteiger partial charge in [-0.05, 0) is 19.9 Å². The standard InChI is InChI=1S/C9H10N4O/c1-5-3-6(2)13-4-7(8(10)14)12-9(13)11-5/h3-4H,1-2H3,(H2,10,14). The van der Waals surface area contributed by atoms with E-state index in [1.54, 1.807) is 10.6 Å². The van der Waals surface area contributed by atoms with Gasteiger partial charge in [-0.15, -0.1) is 0 Å². The molecule has 0 atom stereocenters. The highest BCUT2D eigenvalue weighted by atomic mass is 16.1. The summed E-state index contributed by atoms with van der Waals surface area (Å²) in [4.78, 5) is 19.1. The molecule has 72 valence electrons. The van der Waals surface area contributed by atoms with Crippen LogP contribution in [0.5, 0.6) is 0 Å². The van der Waals surface area contributed by atoms with Gasteiger partial charge in [0.2, 0.25) is 5.78 Å². The largest absolute Gasteiger partial charge is 0.364 e. The fraction of sp³-hybridized carbons (Fsp3) is 0.222. The Balaban J connectivity index is 2.76. The van der Waals surface area contributed by atoms with E-state index in [1.807, 2.05) is 19.9 Å². The zero-order valence-corrected chi connectivity index (χ0v) is 7.98. The number of hydrogen-bond donors (Lipinski definition) is 1. The number of fused-ring (bicyclic) bond motifs is 1. The minimum atomic E-state index is -0.535. The molecule has 0 aliphatic carbocycles. The Labute approximate surface area is 80.6 Å². The Morgan fingerprint density at radius 2 is 2.14 bits per heavy atom. The number of aromatic nitrogens is 3. The molecule has 0 aliphatic heterocycles. The van der Waals surface area contributed by atoms with E-state index >= 15 is 0 Å². The zero-order valence-electron chi connectivity index (χ0n) is 7.98. The lowest BCUT2D eigenvalue weighted by molar-refractivity contribution is 0.0996. The van der Waals surface area contributed by atoms with Crippen molar-refractivity contribution in [1.82, 2.24) is 14.4 Å². The van der Waals surface area contributed by atoms with Crippen molar-refractivity contribution in [2.45, 2.75) is 13.8 Å². The lowest BCUT2D eigenvalue weighted by Crippen LogP contribution is -2.10. The molecule has 0 aromatic carbocycles. The van der Waals surface area contributed by atoms with Gasteiger partial charge in [-0.2, -0.15) is 0 Å². The van der Waals surface area contributed by atoms with Crippen molar-refractivity contribution in [2.24, 2.45) is 5.73 Å². The molecule has 2 aromatic rings. The molecule has 0 spiro atoms. The predicted octanol–water partition coefficient (Wildman–Crippen LogP) is 0.445. The van der Waals surface area contributed by atoms with E-state index in [-0.39, 0.29) is 5.69 Å². The SMILES string of the molecule is Cc1cc(C)n2cc(C(N)=O)nc2n1. The zero-order chi connectivity index (χ0) is 10.3. The van der Waals surface area contributed by atoms with Crippen LogP contribution in [0.1, 0.15) is 21.9 Å². The molecule has 2 rings (SSSR count). The van der Waals surface area contributed by atoms with E-state index in [9.17, 15) is 4.79 Å². The number of primary amides is 1. The quantitative estimate of drug-likeness (QED) is 0.709. The molecule has 0 bridgehead atoms. The minimum Gasteiger partial charge on any atom is -0.364 e. The number of carbonyl (C=O) groups excluding carboxylic acids is 1. The summed E-state index contributed by atoms with van der Waals surface area (Å²) < 4.78 is 1.74. The predicted molar refractivity (Wildman–Crippen MR) is 51.0 cm³/mol. The monoisotopic (exact) mass is 190 g/mol. The Kier molecular flexibility index (Phi) is 1.73. The van der Waals surface area contributed by atoms with Crippen LogP contribution in [0.2, 0.25) is 0 Å². The number of imidazole rings is 1. The normalized spacial score (nSPS) is 10.7. The molecule has 0 saturated heterocycles. The average Bonchev–Trinajstić information content (AvgIpc) is 2.47. The number of nitrogens with two attached hydrogens (primary N) is 1. The molecule has 0 fully saturated rings. The first-order valence-electron chi connectivity index (χ1n) is 4.21. The van der Waals surface area contributed by atoms with Gasteiger partial charge in [0.25, 0.3) is 5.91 Å². The number of rotatable bonds is 1. The van der Waals surface area contributed by atoms with E-state index in [0.29, 0.717) is 5.78 Å². The maximum absolute atomic E-state index is 10.9. The first-order chi connectivity index (χ1) is 6.58. The van der Waals surface area contributed by atoms with E-state index < -0.39 is 5.91 Å². The van der Waals surface area contributed by atoms with E-state index in [2.05, 4.69) is 9.97 Å². The summed E-state index contributed by atoms with van der Waals surface area (Å²) in [5.41, 5.74) is 7.22. The number of hydrogen-bond acceptors (Lipinski definition) is 3. The Morgan fingerprint density at radius 3 is 2.79 bits per heavy atom. The van der Waals surface area contributed by atoms with Crippen molar-refractivity contribution >= 4 is 11.7 Å². The van der Waals surface area contributed by atoms with Crippen LogP contribution in [-0.4, -0.2) is 20.3 Å². The van der Waals surface area contributed by atoms with Crippen molar-refractivity contribution in [1.29, 1.82) is 0 Å². The van der Waals surface area contributed by atoms with E-state index in [1.165, 1.54) is 0 Å². The van der Waals surface area contributed by atoms with Crippen LogP contribution in [0.4, 0.5) is 0 Å². The third-order valence-corrected chi connectivity index (χ3v) is 2.01. The minimum absolute atomic E-state index is 0.242. The molecular formula is C9H10N4O. The number of carbonyl (C=O) groups is 1. The molecule has 2 N–H and O–H groups in total. The highest BCUT2D eigenvalue weighted by Gasteiger charge is 2.08. The van der Waals surface area contributed by atoms with Crippen LogP contribution in [0.3, 0.4) is 0 Å². The van der Waals surface area contributed by atoms with Gasteiger partial charge in [-0.25, -0.2) is 9.97 Å². The summed E-state index contributed by atoms with van der Waals surface area (Å²) in [7, 11) is 0. The Morgan fingerprint density at radius 1 is 1.43 bits per heavy atom. The smallest absolute Gasteiger partial charge is 0.268 e. The average molecular weight is 190 g/mol. The maximum atomic E-state index is 10.9. The molecule has 0 aliphatic rings. The van der Waals surface area contributed by atoms with Gasteiger partial charge in [0.15, 0.2) is 0 Å². The van der Waals surface area contributed by atoms with Gasteiger partial charge in [0.1, 0.15) is 5.69 Å². The fourth-order valence-electron chi connectivity index (χ4n) is 1.39. The molecule has 2 aromatic heterocycles. The molecule has 0 radical (unpaired) electrons. The van der Waals surface area contributed by atoms with Crippen molar-refractivity contribution in [2.75, 3.05) is 0 Å². The summed E-state index contributed by atoms with van der Waals surface area (Å²) in [6.07, 6.45) is 1.60. The van der Waals surface area contributed by atoms with Gasteiger partial charge >= 0.3 is 0 Å². The third-order valence-electron chi connectivity index (χ3n) is 2.01. The van der Waals surface area contributed by atoms with Crippen molar-refractivity contribution in [3.63, 3.8) is 0 Å². The summed E-state index contributed by atoms with van der Waals surface area (Å²) >= 11 is 0. The van der Waals surface area contributed by atoms with Crippen molar-refractivity contribution < 1.29 is 4.79 Å². The molecule has 5 heteroatoms. The van der Waals surface area contributed by atoms with Gasteiger partial charge in [0, 0.05) is 17.6 Å². The molecule has 0 saturated carbocycles. The van der Waals surface area contributed by atoms with Crippen molar-refractivity contribution in [3.05, 3.63) is 29.3 Å². The summed E-state index contributed by atoms with van der Waals surface area (Å²) in [5.74, 6) is -0.0242. The second-order valence-electron chi connectivity index (χ2n) is 3.20. The van der Waals surface area contributed by atoms with Crippen molar-refractivity contribution in [3.8, 4) is 0 Å². The van der Waals surface area contributed by atoms with Crippen LogP contribution in [0.15, 0.2) is 12.3 Å². The highest BCUT2D eigenvalue weighted by molar-refractivity contribution is 5.91. The number of aryl methyl sites for hydroxylation is 2. The topological polar surface area (TPSA) is 73.3 Å². The van der Waals surface area contributed by atoms with Gasteiger partial charge in [0.05, 0.1) is 0 Å². The second-order valence-corrected chi connectivity index (χ2v) is 3.20. The molecule has 1 amide bonds. The first-order valence-corrected chi connectivity index (χ1v) is 4.21. The lowest BCUT2D eigenvalue weighted by Gasteiger charge is -1.98. The van der Waals surface area contributed by atoms with E-state index in [4.69, 9.17) is 5.73 Å². The van der Waals surface area contributed by atoms with Gasteiger partial charge in [-0.1, -0.05) is 0 Å².